The third-order valence-electron chi connectivity index (χ3n) is 4.33. The Morgan fingerprint density at radius 1 is 1.18 bits per heavy atom. The highest BCUT2D eigenvalue weighted by molar-refractivity contribution is 7.99. The largest absolute Gasteiger partial charge is 0.409 e. The van der Waals surface area contributed by atoms with E-state index in [9.17, 15) is 18.0 Å². The number of primary amides is 1. The number of hydrogen-bond donors (Lipinski definition) is 5. The molecule has 3 aromatic rings. The van der Waals surface area contributed by atoms with Crippen molar-refractivity contribution >= 4 is 41.0 Å². The van der Waals surface area contributed by atoms with E-state index in [0.717, 1.165) is 23.4 Å². The predicted molar refractivity (Wildman–Crippen MR) is 130 cm³/mol. The maximum Gasteiger partial charge on any atom is 0.409 e. The van der Waals surface area contributed by atoms with Crippen LogP contribution < -0.4 is 21.5 Å². The summed E-state index contributed by atoms with van der Waals surface area (Å²) in [7, 11) is 0. The molecule has 0 aliphatic rings. The van der Waals surface area contributed by atoms with Gasteiger partial charge in [0.1, 0.15) is 11.4 Å². The molecule has 0 spiro atoms. The van der Waals surface area contributed by atoms with E-state index in [2.05, 4.69) is 20.2 Å². The van der Waals surface area contributed by atoms with Crippen LogP contribution in [-0.4, -0.2) is 22.3 Å². The fourth-order valence-corrected chi connectivity index (χ4v) is 3.79. The highest BCUT2D eigenvalue weighted by atomic mass is 35.5. The Balaban J connectivity index is 1.69. The number of hydrogen-bond acceptors (Lipinski definition) is 6. The summed E-state index contributed by atoms with van der Waals surface area (Å²) >= 11 is 7.48. The van der Waals surface area contributed by atoms with Crippen LogP contribution in [0.4, 0.5) is 24.7 Å². The molecule has 2 aromatic carbocycles. The number of rotatable bonds is 9. The summed E-state index contributed by atoms with van der Waals surface area (Å²) in [6.07, 6.45) is -2.72. The van der Waals surface area contributed by atoms with E-state index >= 15 is 0 Å². The number of carbonyl (C=O) groups excluding carboxylic acids is 1. The summed E-state index contributed by atoms with van der Waals surface area (Å²) in [5, 5.41) is 9.96. The first-order valence-corrected chi connectivity index (χ1v) is 11.1. The van der Waals surface area contributed by atoms with Crippen LogP contribution in [0.3, 0.4) is 0 Å². The van der Waals surface area contributed by atoms with Gasteiger partial charge in [-0.1, -0.05) is 41.9 Å². The number of nitrogens with one attached hydrogen (secondary N) is 3. The number of nitrogens with zero attached hydrogens (tertiary/aromatic N) is 1. The fraction of sp³-hybridized carbons (Fsp3) is 0.0909. The van der Waals surface area contributed by atoms with E-state index in [1.807, 2.05) is 36.4 Å². The van der Waals surface area contributed by atoms with Crippen molar-refractivity contribution in [3.05, 3.63) is 88.7 Å². The molecule has 0 bridgehead atoms. The van der Waals surface area contributed by atoms with Crippen LogP contribution in [0.5, 0.6) is 0 Å². The standard InChI is InChI=1S/C22H20ClF3N6OS/c23-15-4-1-3-13(11-15)12-34-32-16-8-6-14(7-9-16)19-18(20(28)33)21(31-30-19)29-17(27)5-2-10-22(24,25)26/h1-11,32H,12,27H2,(H2,28,33)(H2,29,30,31)/b10-2-,17-5+. The van der Waals surface area contributed by atoms with Gasteiger partial charge in [-0.05, 0) is 47.9 Å². The van der Waals surface area contributed by atoms with Gasteiger partial charge in [-0.2, -0.15) is 18.3 Å². The minimum atomic E-state index is -4.47. The lowest BCUT2D eigenvalue weighted by molar-refractivity contribution is -0.0798. The number of H-pyrrole nitrogens is 1. The summed E-state index contributed by atoms with van der Waals surface area (Å²) in [4.78, 5) is 12.0. The van der Waals surface area contributed by atoms with Gasteiger partial charge in [-0.25, -0.2) is 0 Å². The van der Waals surface area contributed by atoms with Crippen molar-refractivity contribution < 1.29 is 18.0 Å². The minimum absolute atomic E-state index is 0.00376. The lowest BCUT2D eigenvalue weighted by Gasteiger charge is -2.08. The van der Waals surface area contributed by atoms with E-state index in [0.29, 0.717) is 22.0 Å². The molecule has 1 aromatic heterocycles. The monoisotopic (exact) mass is 508 g/mol. The molecule has 0 radical (unpaired) electrons. The zero-order chi connectivity index (χ0) is 24.7. The lowest BCUT2D eigenvalue weighted by Crippen LogP contribution is -2.16. The highest BCUT2D eigenvalue weighted by Crippen LogP contribution is 2.29. The average molecular weight is 509 g/mol. The summed E-state index contributed by atoms with van der Waals surface area (Å²) in [5.41, 5.74) is 14.1. The first-order chi connectivity index (χ1) is 16.1. The van der Waals surface area contributed by atoms with E-state index in [1.165, 1.54) is 11.9 Å². The van der Waals surface area contributed by atoms with Gasteiger partial charge >= 0.3 is 6.18 Å². The smallest absolute Gasteiger partial charge is 0.385 e. The summed E-state index contributed by atoms with van der Waals surface area (Å²) in [6.45, 7) is 0. The predicted octanol–water partition coefficient (Wildman–Crippen LogP) is 5.42. The van der Waals surface area contributed by atoms with Gasteiger partial charge in [0, 0.05) is 28.1 Å². The number of halogens is 4. The van der Waals surface area contributed by atoms with Crippen molar-refractivity contribution in [2.24, 2.45) is 11.5 Å². The number of amides is 1. The second kappa shape index (κ2) is 11.0. The topological polar surface area (TPSA) is 122 Å². The Labute approximate surface area is 202 Å². The zero-order valence-corrected chi connectivity index (χ0v) is 19.1. The lowest BCUT2D eigenvalue weighted by atomic mass is 10.1. The Hall–Kier alpha value is -3.57. The molecule has 1 heterocycles. The van der Waals surface area contributed by atoms with Crippen LogP contribution >= 0.6 is 23.5 Å². The Morgan fingerprint density at radius 3 is 2.56 bits per heavy atom. The fourth-order valence-electron chi connectivity index (χ4n) is 2.85. The average Bonchev–Trinajstić information content (AvgIpc) is 3.17. The molecule has 0 saturated heterocycles. The Morgan fingerprint density at radius 2 is 1.91 bits per heavy atom. The molecular formula is C22H20ClF3N6OS. The van der Waals surface area contributed by atoms with Gasteiger partial charge < -0.3 is 21.5 Å². The Kier molecular flexibility index (Phi) is 8.13. The van der Waals surface area contributed by atoms with Crippen molar-refractivity contribution in [1.29, 1.82) is 0 Å². The van der Waals surface area contributed by atoms with Gasteiger partial charge in [0.2, 0.25) is 0 Å². The van der Waals surface area contributed by atoms with Gasteiger partial charge in [-0.15, -0.1) is 0 Å². The molecule has 0 aliphatic carbocycles. The highest BCUT2D eigenvalue weighted by Gasteiger charge is 2.22. The number of benzene rings is 2. The number of anilines is 2. The van der Waals surface area contributed by atoms with Crippen LogP contribution in [0.2, 0.25) is 5.02 Å². The van der Waals surface area contributed by atoms with Crippen molar-refractivity contribution in [3.8, 4) is 11.3 Å². The molecule has 0 fully saturated rings. The zero-order valence-electron chi connectivity index (χ0n) is 17.5. The molecule has 3 rings (SSSR count). The van der Waals surface area contributed by atoms with Crippen LogP contribution in [0.15, 0.2) is 72.6 Å². The molecule has 178 valence electrons. The SMILES string of the molecule is NC(=O)c1c(N/C(N)=C/C=C\C(F)(F)F)n[nH]c1-c1ccc(NSCc2cccc(Cl)c2)cc1. The molecule has 0 unspecified atom stereocenters. The summed E-state index contributed by atoms with van der Waals surface area (Å²) in [6, 6.07) is 14.7. The summed E-state index contributed by atoms with van der Waals surface area (Å²) < 4.78 is 39.9. The number of aromatic amines is 1. The molecular weight excluding hydrogens is 489 g/mol. The van der Waals surface area contributed by atoms with E-state index in [4.69, 9.17) is 23.1 Å². The number of alkyl halides is 3. The first-order valence-electron chi connectivity index (χ1n) is 9.72. The van der Waals surface area contributed by atoms with Crippen LogP contribution in [0.1, 0.15) is 15.9 Å². The third-order valence-corrected chi connectivity index (χ3v) is 5.42. The quantitative estimate of drug-likeness (QED) is 0.194. The van der Waals surface area contributed by atoms with Gasteiger partial charge in [-0.3, -0.25) is 9.89 Å². The molecule has 0 saturated carbocycles. The molecule has 12 heteroatoms. The molecule has 0 atom stereocenters. The van der Waals surface area contributed by atoms with Gasteiger partial charge in [0.05, 0.1) is 5.69 Å². The third kappa shape index (κ3) is 7.22. The number of nitrogens with two attached hydrogens (primary N) is 2. The normalized spacial score (nSPS) is 12.2. The van der Waals surface area contributed by atoms with E-state index in [-0.39, 0.29) is 23.3 Å². The van der Waals surface area contributed by atoms with Crippen LogP contribution in [0.25, 0.3) is 11.3 Å². The summed E-state index contributed by atoms with van der Waals surface area (Å²) in [5.74, 6) is -0.242. The van der Waals surface area contributed by atoms with Crippen molar-refractivity contribution in [1.82, 2.24) is 10.2 Å². The maximum atomic E-state index is 12.2. The Bertz CT molecular complexity index is 1210. The molecule has 1 amide bonds. The van der Waals surface area contributed by atoms with Crippen LogP contribution in [-0.2, 0) is 5.75 Å². The van der Waals surface area contributed by atoms with Gasteiger partial charge in [0.15, 0.2) is 5.82 Å². The number of allylic oxidation sites excluding steroid dienone is 3. The molecule has 0 aliphatic heterocycles. The van der Waals surface area contributed by atoms with Crippen molar-refractivity contribution in [3.63, 3.8) is 0 Å². The molecule has 7 N–H and O–H groups in total. The number of aromatic nitrogens is 2. The van der Waals surface area contributed by atoms with Gasteiger partial charge in [0.25, 0.3) is 5.91 Å². The second-order valence-electron chi connectivity index (χ2n) is 6.93. The first kappa shape index (κ1) is 25.1. The van der Waals surface area contributed by atoms with E-state index in [1.54, 1.807) is 12.1 Å². The minimum Gasteiger partial charge on any atom is -0.385 e. The molecule has 7 nitrogen and oxygen atoms in total. The van der Waals surface area contributed by atoms with E-state index < -0.39 is 12.1 Å². The second-order valence-corrected chi connectivity index (χ2v) is 8.15. The maximum absolute atomic E-state index is 12.2. The molecule has 34 heavy (non-hydrogen) atoms. The van der Waals surface area contributed by atoms with Crippen molar-refractivity contribution in [2.75, 3.05) is 10.0 Å². The van der Waals surface area contributed by atoms with Crippen LogP contribution in [0, 0.1) is 0 Å². The number of carbonyl (C=O) groups is 1. The van der Waals surface area contributed by atoms with Crippen molar-refractivity contribution in [2.45, 2.75) is 11.9 Å².